The Hall–Kier alpha value is -0.770. The van der Waals surface area contributed by atoms with Crippen molar-refractivity contribution in [3.63, 3.8) is 0 Å². The van der Waals surface area contributed by atoms with Gasteiger partial charge in [0.05, 0.1) is 6.10 Å². The van der Waals surface area contributed by atoms with Crippen LogP contribution in [-0.2, 0) is 4.74 Å². The predicted molar refractivity (Wildman–Crippen MR) is 62.4 cm³/mol. The molecule has 0 radical (unpaired) electrons. The predicted octanol–water partition coefficient (Wildman–Crippen LogP) is 1.75. The van der Waals surface area contributed by atoms with Gasteiger partial charge in [-0.15, -0.1) is 0 Å². The number of urea groups is 1. The molecule has 1 N–H and O–H groups in total. The lowest BCUT2D eigenvalue weighted by Crippen LogP contribution is -2.48. The van der Waals surface area contributed by atoms with Crippen LogP contribution in [0, 0.1) is 0 Å². The van der Waals surface area contributed by atoms with Crippen molar-refractivity contribution in [2.24, 2.45) is 0 Å². The van der Waals surface area contributed by atoms with E-state index in [0.717, 1.165) is 38.8 Å². The maximum Gasteiger partial charge on any atom is 0.317 e. The molecule has 4 heteroatoms. The van der Waals surface area contributed by atoms with Crippen LogP contribution in [0.1, 0.15) is 39.0 Å². The fourth-order valence-electron chi connectivity index (χ4n) is 2.51. The molecule has 2 amide bonds. The van der Waals surface area contributed by atoms with Crippen LogP contribution in [-0.4, -0.2) is 42.8 Å². The minimum Gasteiger partial charge on any atom is -0.376 e. The molecule has 2 aliphatic heterocycles. The summed E-state index contributed by atoms with van der Waals surface area (Å²) in [6.07, 6.45) is 5.96. The number of amides is 2. The number of carbonyl (C=O) groups is 1. The number of rotatable bonds is 2. The summed E-state index contributed by atoms with van der Waals surface area (Å²) < 4.78 is 5.48. The largest absolute Gasteiger partial charge is 0.376 e. The Kier molecular flexibility index (Phi) is 4.04. The molecule has 92 valence electrons. The molecule has 16 heavy (non-hydrogen) atoms. The van der Waals surface area contributed by atoms with Crippen molar-refractivity contribution in [2.75, 3.05) is 19.7 Å². The van der Waals surface area contributed by atoms with Gasteiger partial charge in [0.2, 0.25) is 0 Å². The van der Waals surface area contributed by atoms with Crippen LogP contribution in [0.3, 0.4) is 0 Å². The number of likely N-dealkylation sites (tertiary alicyclic amines) is 1. The number of hydrogen-bond acceptors (Lipinski definition) is 2. The van der Waals surface area contributed by atoms with Crippen LogP contribution in [0.4, 0.5) is 4.79 Å². The molecule has 0 aliphatic carbocycles. The minimum absolute atomic E-state index is 0.0858. The Labute approximate surface area is 97.3 Å². The highest BCUT2D eigenvalue weighted by atomic mass is 16.5. The lowest BCUT2D eigenvalue weighted by Gasteiger charge is -2.33. The summed E-state index contributed by atoms with van der Waals surface area (Å²) >= 11 is 0. The van der Waals surface area contributed by atoms with E-state index in [-0.39, 0.29) is 12.1 Å². The first kappa shape index (κ1) is 11.7. The molecule has 0 aromatic rings. The first-order valence-corrected chi connectivity index (χ1v) is 6.43. The van der Waals surface area contributed by atoms with E-state index in [1.807, 2.05) is 4.90 Å². The van der Waals surface area contributed by atoms with E-state index in [4.69, 9.17) is 4.74 Å². The maximum atomic E-state index is 11.9. The summed E-state index contributed by atoms with van der Waals surface area (Å²) in [6.45, 7) is 4.55. The average molecular weight is 226 g/mol. The first-order chi connectivity index (χ1) is 7.77. The Morgan fingerprint density at radius 3 is 2.94 bits per heavy atom. The van der Waals surface area contributed by atoms with Crippen molar-refractivity contribution in [1.82, 2.24) is 10.2 Å². The second kappa shape index (κ2) is 5.53. The number of carbonyl (C=O) groups excluding carboxylic acids is 1. The Balaban J connectivity index is 1.73. The van der Waals surface area contributed by atoms with Gasteiger partial charge in [0.1, 0.15) is 0 Å². The zero-order valence-electron chi connectivity index (χ0n) is 10.1. The molecule has 2 rings (SSSR count). The van der Waals surface area contributed by atoms with Gasteiger partial charge < -0.3 is 15.0 Å². The van der Waals surface area contributed by atoms with E-state index in [1.165, 1.54) is 6.42 Å². The highest BCUT2D eigenvalue weighted by molar-refractivity contribution is 5.74. The summed E-state index contributed by atoms with van der Waals surface area (Å²) in [6, 6.07) is 0.473. The van der Waals surface area contributed by atoms with Gasteiger partial charge in [0, 0.05) is 25.7 Å². The third-order valence-electron chi connectivity index (χ3n) is 3.57. The van der Waals surface area contributed by atoms with Gasteiger partial charge in [-0.05, 0) is 39.0 Å². The molecular weight excluding hydrogens is 204 g/mol. The molecular formula is C12H22N2O2. The second-order valence-corrected chi connectivity index (χ2v) is 4.86. The van der Waals surface area contributed by atoms with Crippen LogP contribution in [0.15, 0.2) is 0 Å². The first-order valence-electron chi connectivity index (χ1n) is 6.43. The van der Waals surface area contributed by atoms with Crippen molar-refractivity contribution in [3.8, 4) is 0 Å². The normalized spacial score (nSPS) is 30.4. The number of hydrogen-bond donors (Lipinski definition) is 1. The molecule has 4 nitrogen and oxygen atoms in total. The number of ether oxygens (including phenoxy) is 1. The van der Waals surface area contributed by atoms with E-state index in [2.05, 4.69) is 12.2 Å². The Morgan fingerprint density at radius 2 is 2.25 bits per heavy atom. The van der Waals surface area contributed by atoms with Crippen molar-refractivity contribution < 1.29 is 9.53 Å². The van der Waals surface area contributed by atoms with Crippen LogP contribution >= 0.6 is 0 Å². The smallest absolute Gasteiger partial charge is 0.317 e. The van der Waals surface area contributed by atoms with Crippen molar-refractivity contribution in [1.29, 1.82) is 0 Å². The molecule has 0 saturated carbocycles. The molecule has 2 fully saturated rings. The zero-order chi connectivity index (χ0) is 11.4. The lowest BCUT2D eigenvalue weighted by atomic mass is 10.0. The van der Waals surface area contributed by atoms with Crippen molar-refractivity contribution in [2.45, 2.75) is 51.2 Å². The van der Waals surface area contributed by atoms with Gasteiger partial charge in [-0.2, -0.15) is 0 Å². The maximum absolute atomic E-state index is 11.9. The SMILES string of the molecule is CC1CCCCN1C(=O)NCC1CCCO1. The van der Waals surface area contributed by atoms with Crippen LogP contribution in [0.25, 0.3) is 0 Å². The van der Waals surface area contributed by atoms with Crippen LogP contribution < -0.4 is 5.32 Å². The summed E-state index contributed by atoms with van der Waals surface area (Å²) in [5.41, 5.74) is 0. The highest BCUT2D eigenvalue weighted by Crippen LogP contribution is 2.16. The number of piperidine rings is 1. The third-order valence-corrected chi connectivity index (χ3v) is 3.57. The van der Waals surface area contributed by atoms with E-state index in [0.29, 0.717) is 12.6 Å². The molecule has 0 aromatic heterocycles. The van der Waals surface area contributed by atoms with Gasteiger partial charge >= 0.3 is 6.03 Å². The third kappa shape index (κ3) is 2.88. The summed E-state index contributed by atoms with van der Waals surface area (Å²) in [4.78, 5) is 13.9. The summed E-state index contributed by atoms with van der Waals surface area (Å²) in [7, 11) is 0. The molecule has 2 heterocycles. The number of nitrogens with one attached hydrogen (secondary N) is 1. The van der Waals surface area contributed by atoms with Gasteiger partial charge in [-0.3, -0.25) is 0 Å². The van der Waals surface area contributed by atoms with E-state index >= 15 is 0 Å². The molecule has 2 saturated heterocycles. The Morgan fingerprint density at radius 1 is 1.38 bits per heavy atom. The highest BCUT2D eigenvalue weighted by Gasteiger charge is 2.24. The van der Waals surface area contributed by atoms with Gasteiger partial charge in [-0.25, -0.2) is 4.79 Å². The molecule has 2 aliphatic rings. The van der Waals surface area contributed by atoms with Gasteiger partial charge in [0.15, 0.2) is 0 Å². The molecule has 0 bridgehead atoms. The molecule has 2 atom stereocenters. The molecule has 0 aromatic carbocycles. The quantitative estimate of drug-likeness (QED) is 0.779. The second-order valence-electron chi connectivity index (χ2n) is 4.86. The van der Waals surface area contributed by atoms with Gasteiger partial charge in [0.25, 0.3) is 0 Å². The summed E-state index contributed by atoms with van der Waals surface area (Å²) in [5, 5.41) is 2.99. The topological polar surface area (TPSA) is 41.6 Å². The fourth-order valence-corrected chi connectivity index (χ4v) is 2.51. The minimum atomic E-state index is 0.0858. The van der Waals surface area contributed by atoms with E-state index < -0.39 is 0 Å². The van der Waals surface area contributed by atoms with Crippen molar-refractivity contribution >= 4 is 6.03 Å². The molecule has 0 spiro atoms. The zero-order valence-corrected chi connectivity index (χ0v) is 10.1. The lowest BCUT2D eigenvalue weighted by molar-refractivity contribution is 0.105. The standard InChI is InChI=1S/C12H22N2O2/c1-10-5-2-3-7-14(10)12(15)13-9-11-6-4-8-16-11/h10-11H,2-9H2,1H3,(H,13,15). The van der Waals surface area contributed by atoms with Crippen LogP contribution in [0.5, 0.6) is 0 Å². The fraction of sp³-hybridized carbons (Fsp3) is 0.917. The Bertz CT molecular complexity index is 239. The molecule has 2 unspecified atom stereocenters. The van der Waals surface area contributed by atoms with E-state index in [9.17, 15) is 4.79 Å². The van der Waals surface area contributed by atoms with Gasteiger partial charge in [-0.1, -0.05) is 0 Å². The number of nitrogens with zero attached hydrogens (tertiary/aromatic N) is 1. The van der Waals surface area contributed by atoms with E-state index in [1.54, 1.807) is 0 Å². The average Bonchev–Trinajstić information content (AvgIpc) is 2.79. The van der Waals surface area contributed by atoms with Crippen LogP contribution in [0.2, 0.25) is 0 Å². The monoisotopic (exact) mass is 226 g/mol. The van der Waals surface area contributed by atoms with Crippen molar-refractivity contribution in [3.05, 3.63) is 0 Å². The summed E-state index contributed by atoms with van der Waals surface area (Å²) in [5.74, 6) is 0.